The van der Waals surface area contributed by atoms with E-state index in [-0.39, 0.29) is 23.9 Å². The van der Waals surface area contributed by atoms with Crippen LogP contribution in [0.15, 0.2) is 18.2 Å². The van der Waals surface area contributed by atoms with Crippen molar-refractivity contribution in [3.05, 3.63) is 29.0 Å². The van der Waals surface area contributed by atoms with Crippen molar-refractivity contribution in [2.75, 3.05) is 18.5 Å². The van der Waals surface area contributed by atoms with E-state index in [1.807, 2.05) is 0 Å². The van der Waals surface area contributed by atoms with E-state index in [1.165, 1.54) is 18.2 Å². The number of urea groups is 1. The fourth-order valence-electron chi connectivity index (χ4n) is 0.944. The summed E-state index contributed by atoms with van der Waals surface area (Å²) in [5, 5.41) is 13.1. The Labute approximate surface area is 91.1 Å². The highest BCUT2D eigenvalue weighted by molar-refractivity contribution is 6.33. The van der Waals surface area contributed by atoms with E-state index in [0.29, 0.717) is 0 Å². The van der Waals surface area contributed by atoms with Crippen LogP contribution < -0.4 is 10.6 Å². The first-order valence-electron chi connectivity index (χ1n) is 4.25. The lowest BCUT2D eigenvalue weighted by Crippen LogP contribution is -2.31. The molecule has 0 bridgehead atoms. The van der Waals surface area contributed by atoms with E-state index in [2.05, 4.69) is 10.6 Å². The van der Waals surface area contributed by atoms with Crippen molar-refractivity contribution in [1.82, 2.24) is 5.32 Å². The number of hydrogen-bond donors (Lipinski definition) is 3. The standard InChI is InChI=1S/C9H10ClFN2O2/c10-6-2-1-3-7(11)8(6)13-9(15)12-4-5-14/h1-3,14H,4-5H2,(H2,12,13,15). The number of aliphatic hydroxyl groups is 1. The summed E-state index contributed by atoms with van der Waals surface area (Å²) in [6.07, 6.45) is 0. The van der Waals surface area contributed by atoms with Gasteiger partial charge in [-0.25, -0.2) is 9.18 Å². The number of amides is 2. The molecule has 1 aromatic rings. The van der Waals surface area contributed by atoms with E-state index < -0.39 is 11.8 Å². The third-order valence-electron chi connectivity index (χ3n) is 1.60. The number of halogens is 2. The number of para-hydroxylation sites is 1. The molecule has 0 fully saturated rings. The van der Waals surface area contributed by atoms with Crippen LogP contribution in [-0.4, -0.2) is 24.3 Å². The van der Waals surface area contributed by atoms with Crippen molar-refractivity contribution >= 4 is 23.3 Å². The molecule has 0 spiro atoms. The van der Waals surface area contributed by atoms with Gasteiger partial charge in [-0.3, -0.25) is 0 Å². The molecule has 2 amide bonds. The fourth-order valence-corrected chi connectivity index (χ4v) is 1.15. The minimum Gasteiger partial charge on any atom is -0.395 e. The molecule has 82 valence electrons. The predicted molar refractivity (Wildman–Crippen MR) is 55.5 cm³/mol. The number of aliphatic hydroxyl groups excluding tert-OH is 1. The number of carbonyl (C=O) groups excluding carboxylic acids is 1. The summed E-state index contributed by atoms with van der Waals surface area (Å²) in [7, 11) is 0. The lowest BCUT2D eigenvalue weighted by atomic mass is 10.3. The summed E-state index contributed by atoms with van der Waals surface area (Å²) in [5.74, 6) is -0.610. The molecule has 0 aliphatic rings. The molecule has 4 nitrogen and oxygen atoms in total. The molecule has 0 unspecified atom stereocenters. The van der Waals surface area contributed by atoms with Crippen LogP contribution in [0.5, 0.6) is 0 Å². The van der Waals surface area contributed by atoms with E-state index in [0.717, 1.165) is 0 Å². The first-order chi connectivity index (χ1) is 7.15. The van der Waals surface area contributed by atoms with Crippen molar-refractivity contribution in [3.8, 4) is 0 Å². The maximum Gasteiger partial charge on any atom is 0.319 e. The van der Waals surface area contributed by atoms with Crippen LogP contribution in [0.3, 0.4) is 0 Å². The SMILES string of the molecule is O=C(NCCO)Nc1c(F)cccc1Cl. The molecule has 3 N–H and O–H groups in total. The molecular formula is C9H10ClFN2O2. The van der Waals surface area contributed by atoms with E-state index in [9.17, 15) is 9.18 Å². The summed E-state index contributed by atoms with van der Waals surface area (Å²) >= 11 is 5.68. The molecule has 15 heavy (non-hydrogen) atoms. The largest absolute Gasteiger partial charge is 0.395 e. The summed E-state index contributed by atoms with van der Waals surface area (Å²) in [6, 6.07) is 3.48. The normalized spacial score (nSPS) is 9.80. The zero-order valence-electron chi connectivity index (χ0n) is 7.76. The molecule has 0 saturated heterocycles. The molecule has 0 aliphatic carbocycles. The Morgan fingerprint density at radius 1 is 1.53 bits per heavy atom. The lowest BCUT2D eigenvalue weighted by Gasteiger charge is -2.08. The summed E-state index contributed by atoms with van der Waals surface area (Å²) in [6.45, 7) is -0.0870. The summed E-state index contributed by atoms with van der Waals surface area (Å²) in [5.41, 5.74) is -0.0744. The fraction of sp³-hybridized carbons (Fsp3) is 0.222. The van der Waals surface area contributed by atoms with Crippen LogP contribution in [0, 0.1) is 5.82 Å². The topological polar surface area (TPSA) is 61.4 Å². The van der Waals surface area contributed by atoms with Crippen molar-refractivity contribution in [2.45, 2.75) is 0 Å². The molecule has 0 heterocycles. The predicted octanol–water partition coefficient (Wildman–Crippen LogP) is 1.59. The average molecular weight is 233 g/mol. The monoisotopic (exact) mass is 232 g/mol. The van der Waals surface area contributed by atoms with Gasteiger partial charge in [-0.2, -0.15) is 0 Å². The van der Waals surface area contributed by atoms with Gasteiger partial charge in [0.05, 0.1) is 17.3 Å². The van der Waals surface area contributed by atoms with Crippen molar-refractivity contribution < 1.29 is 14.3 Å². The minimum atomic E-state index is -0.615. The molecule has 6 heteroatoms. The molecule has 1 aromatic carbocycles. The van der Waals surface area contributed by atoms with Gasteiger partial charge in [0.1, 0.15) is 5.82 Å². The highest BCUT2D eigenvalue weighted by Crippen LogP contribution is 2.24. The van der Waals surface area contributed by atoms with Crippen LogP contribution in [0.25, 0.3) is 0 Å². The van der Waals surface area contributed by atoms with Crippen LogP contribution in [0.2, 0.25) is 5.02 Å². The summed E-state index contributed by atoms with van der Waals surface area (Å²) in [4.78, 5) is 11.1. The van der Waals surface area contributed by atoms with E-state index in [4.69, 9.17) is 16.7 Å². The number of anilines is 1. The molecular weight excluding hydrogens is 223 g/mol. The van der Waals surface area contributed by atoms with Gasteiger partial charge >= 0.3 is 6.03 Å². The van der Waals surface area contributed by atoms with Crippen molar-refractivity contribution in [2.24, 2.45) is 0 Å². The van der Waals surface area contributed by atoms with E-state index >= 15 is 0 Å². The molecule has 0 aromatic heterocycles. The second-order valence-corrected chi connectivity index (χ2v) is 3.11. The molecule has 0 aliphatic heterocycles. The van der Waals surface area contributed by atoms with E-state index in [1.54, 1.807) is 0 Å². The van der Waals surface area contributed by atoms with Gasteiger partial charge in [0.25, 0.3) is 0 Å². The van der Waals surface area contributed by atoms with Crippen molar-refractivity contribution in [1.29, 1.82) is 0 Å². The zero-order chi connectivity index (χ0) is 11.3. The Bertz CT molecular complexity index is 340. The Morgan fingerprint density at radius 2 is 2.27 bits per heavy atom. The van der Waals surface area contributed by atoms with Gasteiger partial charge in [-0.1, -0.05) is 17.7 Å². The first-order valence-corrected chi connectivity index (χ1v) is 4.62. The number of nitrogens with one attached hydrogen (secondary N) is 2. The van der Waals surface area contributed by atoms with Gasteiger partial charge in [0.2, 0.25) is 0 Å². The maximum absolute atomic E-state index is 13.2. The van der Waals surface area contributed by atoms with Gasteiger partial charge in [0, 0.05) is 6.54 Å². The third kappa shape index (κ3) is 3.38. The Morgan fingerprint density at radius 3 is 2.87 bits per heavy atom. The minimum absolute atomic E-state index is 0.0744. The van der Waals surface area contributed by atoms with Gasteiger partial charge < -0.3 is 15.7 Å². The number of rotatable bonds is 3. The Balaban J connectivity index is 2.68. The number of benzene rings is 1. The molecule has 0 saturated carbocycles. The summed E-state index contributed by atoms with van der Waals surface area (Å²) < 4.78 is 13.2. The quantitative estimate of drug-likeness (QED) is 0.741. The highest BCUT2D eigenvalue weighted by Gasteiger charge is 2.09. The molecule has 0 radical (unpaired) electrons. The first kappa shape index (κ1) is 11.7. The Kier molecular flexibility index (Phi) is 4.33. The van der Waals surface area contributed by atoms with Gasteiger partial charge in [0.15, 0.2) is 0 Å². The second kappa shape index (κ2) is 5.53. The highest BCUT2D eigenvalue weighted by atomic mass is 35.5. The maximum atomic E-state index is 13.2. The number of carbonyl (C=O) groups is 1. The molecule has 0 atom stereocenters. The Hall–Kier alpha value is -1.33. The average Bonchev–Trinajstić information content (AvgIpc) is 2.21. The van der Waals surface area contributed by atoms with Crippen LogP contribution in [0.4, 0.5) is 14.9 Å². The lowest BCUT2D eigenvalue weighted by molar-refractivity contribution is 0.244. The second-order valence-electron chi connectivity index (χ2n) is 2.70. The van der Waals surface area contributed by atoms with Crippen LogP contribution >= 0.6 is 11.6 Å². The third-order valence-corrected chi connectivity index (χ3v) is 1.91. The zero-order valence-corrected chi connectivity index (χ0v) is 8.51. The molecule has 1 rings (SSSR count). The van der Waals surface area contributed by atoms with Crippen molar-refractivity contribution in [3.63, 3.8) is 0 Å². The smallest absolute Gasteiger partial charge is 0.319 e. The van der Waals surface area contributed by atoms with Crippen LogP contribution in [-0.2, 0) is 0 Å². The number of hydrogen-bond acceptors (Lipinski definition) is 2. The van der Waals surface area contributed by atoms with Crippen LogP contribution in [0.1, 0.15) is 0 Å². The van der Waals surface area contributed by atoms with Gasteiger partial charge in [-0.05, 0) is 12.1 Å². The van der Waals surface area contributed by atoms with Gasteiger partial charge in [-0.15, -0.1) is 0 Å².